The molecule has 0 heterocycles. The summed E-state index contributed by atoms with van der Waals surface area (Å²) >= 11 is 0. The highest BCUT2D eigenvalue weighted by molar-refractivity contribution is 4.90. The van der Waals surface area contributed by atoms with Gasteiger partial charge in [-0.2, -0.15) is 0 Å². The van der Waals surface area contributed by atoms with Crippen LogP contribution in [-0.4, -0.2) is 6.61 Å². The van der Waals surface area contributed by atoms with Gasteiger partial charge in [0, 0.05) is 6.42 Å². The van der Waals surface area contributed by atoms with Crippen molar-refractivity contribution in [3.05, 3.63) is 18.8 Å². The molecule has 0 fully saturated rings. The van der Waals surface area contributed by atoms with Crippen LogP contribution in [0.1, 0.15) is 26.7 Å². The molecule has 0 rings (SSSR count). The third-order valence-electron chi connectivity index (χ3n) is 1.07. The predicted octanol–water partition coefficient (Wildman–Crippen LogP) is 2.54. The van der Waals surface area contributed by atoms with Gasteiger partial charge in [0.2, 0.25) is 0 Å². The first-order valence-electron chi connectivity index (χ1n) is 3.46. The standard InChI is InChI=1S/C8H15O/c1-4-7-8(5-2)9-6-3/h7H,3-6H2,1-2H3. The zero-order chi connectivity index (χ0) is 7.11. The van der Waals surface area contributed by atoms with Gasteiger partial charge < -0.3 is 4.74 Å². The summed E-state index contributed by atoms with van der Waals surface area (Å²) in [7, 11) is 0. The molecule has 0 aliphatic carbocycles. The van der Waals surface area contributed by atoms with Crippen molar-refractivity contribution >= 4 is 0 Å². The summed E-state index contributed by atoms with van der Waals surface area (Å²) in [5.74, 6) is 1.06. The molecule has 0 saturated heterocycles. The maximum atomic E-state index is 5.18. The fourth-order valence-corrected chi connectivity index (χ4v) is 0.664. The molecule has 0 unspecified atom stereocenters. The highest BCUT2D eigenvalue weighted by Gasteiger charge is 1.88. The molecule has 0 amide bonds. The Hall–Kier alpha value is -0.460. The van der Waals surface area contributed by atoms with Crippen LogP contribution in [0.4, 0.5) is 0 Å². The van der Waals surface area contributed by atoms with Gasteiger partial charge in [-0.15, -0.1) is 0 Å². The molecule has 0 spiro atoms. The van der Waals surface area contributed by atoms with Crippen molar-refractivity contribution in [2.75, 3.05) is 6.61 Å². The number of hydrogen-bond acceptors (Lipinski definition) is 1. The van der Waals surface area contributed by atoms with E-state index in [4.69, 9.17) is 4.74 Å². The van der Waals surface area contributed by atoms with E-state index in [1.165, 1.54) is 0 Å². The van der Waals surface area contributed by atoms with Gasteiger partial charge in [-0.3, -0.25) is 0 Å². The summed E-state index contributed by atoms with van der Waals surface area (Å²) in [6, 6.07) is 0. The molecule has 0 aliphatic rings. The van der Waals surface area contributed by atoms with Crippen molar-refractivity contribution in [1.29, 1.82) is 0 Å². The second-order valence-electron chi connectivity index (χ2n) is 1.78. The van der Waals surface area contributed by atoms with Crippen molar-refractivity contribution < 1.29 is 4.74 Å². The van der Waals surface area contributed by atoms with Crippen molar-refractivity contribution in [2.24, 2.45) is 0 Å². The van der Waals surface area contributed by atoms with Crippen LogP contribution in [0.15, 0.2) is 11.8 Å². The first-order chi connectivity index (χ1) is 4.35. The van der Waals surface area contributed by atoms with Crippen molar-refractivity contribution in [3.8, 4) is 0 Å². The highest BCUT2D eigenvalue weighted by Crippen LogP contribution is 2.02. The number of hydrogen-bond donors (Lipinski definition) is 0. The Morgan fingerprint density at radius 3 is 2.56 bits per heavy atom. The maximum absolute atomic E-state index is 5.18. The number of ether oxygens (including phenoxy) is 1. The van der Waals surface area contributed by atoms with E-state index in [1.807, 2.05) is 0 Å². The molecule has 0 atom stereocenters. The molecule has 1 radical (unpaired) electrons. The van der Waals surface area contributed by atoms with Gasteiger partial charge in [0.05, 0.1) is 12.4 Å². The third-order valence-corrected chi connectivity index (χ3v) is 1.07. The Bertz CT molecular complexity index is 84.6. The van der Waals surface area contributed by atoms with Gasteiger partial charge in [0.25, 0.3) is 0 Å². The number of allylic oxidation sites excluding steroid dienone is 2. The molecule has 9 heavy (non-hydrogen) atoms. The van der Waals surface area contributed by atoms with Crippen LogP contribution in [-0.2, 0) is 4.74 Å². The summed E-state index contributed by atoms with van der Waals surface area (Å²) in [6.07, 6.45) is 4.11. The fraction of sp³-hybridized carbons (Fsp3) is 0.625. The summed E-state index contributed by atoms with van der Waals surface area (Å²) in [4.78, 5) is 0. The highest BCUT2D eigenvalue weighted by atomic mass is 16.5. The van der Waals surface area contributed by atoms with Crippen molar-refractivity contribution in [2.45, 2.75) is 26.7 Å². The third kappa shape index (κ3) is 4.07. The Labute approximate surface area is 57.7 Å². The van der Waals surface area contributed by atoms with Gasteiger partial charge in [-0.05, 0) is 19.4 Å². The second-order valence-corrected chi connectivity index (χ2v) is 1.78. The molecule has 0 bridgehead atoms. The fourth-order valence-electron chi connectivity index (χ4n) is 0.664. The minimum absolute atomic E-state index is 0.541. The van der Waals surface area contributed by atoms with Crippen LogP contribution in [0.25, 0.3) is 0 Å². The molecule has 0 aromatic carbocycles. The first kappa shape index (κ1) is 8.54. The van der Waals surface area contributed by atoms with E-state index < -0.39 is 0 Å². The Balaban J connectivity index is 3.53. The zero-order valence-electron chi connectivity index (χ0n) is 6.31. The molecule has 53 valence electrons. The number of rotatable bonds is 4. The molecule has 0 N–H and O–H groups in total. The molecule has 0 saturated carbocycles. The lowest BCUT2D eigenvalue weighted by Crippen LogP contribution is -1.89. The molecule has 0 aromatic heterocycles. The summed E-state index contributed by atoms with van der Waals surface area (Å²) in [6.45, 7) is 8.31. The van der Waals surface area contributed by atoms with Crippen LogP contribution in [0, 0.1) is 6.92 Å². The smallest absolute Gasteiger partial charge is 0.0917 e. The molecular weight excluding hydrogens is 112 g/mol. The van der Waals surface area contributed by atoms with E-state index in [0.29, 0.717) is 6.61 Å². The average molecular weight is 127 g/mol. The maximum Gasteiger partial charge on any atom is 0.0917 e. The second kappa shape index (κ2) is 5.67. The van der Waals surface area contributed by atoms with Gasteiger partial charge in [-0.25, -0.2) is 0 Å². The normalized spacial score (nSPS) is 11.7. The molecule has 1 heteroatoms. The first-order valence-corrected chi connectivity index (χ1v) is 3.46. The summed E-state index contributed by atoms with van der Waals surface area (Å²) < 4.78 is 5.18. The minimum atomic E-state index is 0.541. The molecule has 0 aromatic rings. The SMILES string of the molecule is [CH2]COC(=CCC)CC. The van der Waals surface area contributed by atoms with Crippen LogP contribution >= 0.6 is 0 Å². The van der Waals surface area contributed by atoms with Crippen molar-refractivity contribution in [1.82, 2.24) is 0 Å². The minimum Gasteiger partial charge on any atom is -0.498 e. The summed E-state index contributed by atoms with van der Waals surface area (Å²) in [5, 5.41) is 0. The van der Waals surface area contributed by atoms with Gasteiger partial charge in [0.15, 0.2) is 0 Å². The van der Waals surface area contributed by atoms with Crippen LogP contribution in [0.2, 0.25) is 0 Å². The van der Waals surface area contributed by atoms with Crippen LogP contribution in [0.3, 0.4) is 0 Å². The van der Waals surface area contributed by atoms with E-state index in [2.05, 4.69) is 26.8 Å². The molecule has 1 nitrogen and oxygen atoms in total. The average Bonchev–Trinajstić information content (AvgIpc) is 1.88. The topological polar surface area (TPSA) is 9.23 Å². The van der Waals surface area contributed by atoms with E-state index in [0.717, 1.165) is 18.6 Å². The van der Waals surface area contributed by atoms with Crippen molar-refractivity contribution in [3.63, 3.8) is 0 Å². The molecule has 0 aliphatic heterocycles. The lowest BCUT2D eigenvalue weighted by atomic mass is 10.3. The Kier molecular flexibility index (Phi) is 5.38. The van der Waals surface area contributed by atoms with Crippen LogP contribution < -0.4 is 0 Å². The lowest BCUT2D eigenvalue weighted by Gasteiger charge is -2.03. The van der Waals surface area contributed by atoms with E-state index in [9.17, 15) is 0 Å². The van der Waals surface area contributed by atoms with E-state index in [1.54, 1.807) is 0 Å². The largest absolute Gasteiger partial charge is 0.498 e. The quantitative estimate of drug-likeness (QED) is 0.527. The van der Waals surface area contributed by atoms with E-state index >= 15 is 0 Å². The Morgan fingerprint density at radius 2 is 2.22 bits per heavy atom. The lowest BCUT2D eigenvalue weighted by molar-refractivity contribution is 0.236. The monoisotopic (exact) mass is 127 g/mol. The van der Waals surface area contributed by atoms with E-state index in [-0.39, 0.29) is 0 Å². The van der Waals surface area contributed by atoms with Crippen LogP contribution in [0.5, 0.6) is 0 Å². The molecular formula is C8H15O. The summed E-state index contributed by atoms with van der Waals surface area (Å²) in [5.41, 5.74) is 0. The zero-order valence-corrected chi connectivity index (χ0v) is 6.31. The Morgan fingerprint density at radius 1 is 1.56 bits per heavy atom. The van der Waals surface area contributed by atoms with Gasteiger partial charge in [0.1, 0.15) is 0 Å². The predicted molar refractivity (Wildman–Crippen MR) is 40.0 cm³/mol. The van der Waals surface area contributed by atoms with Gasteiger partial charge >= 0.3 is 0 Å². The van der Waals surface area contributed by atoms with Gasteiger partial charge in [-0.1, -0.05) is 13.8 Å².